The summed E-state index contributed by atoms with van der Waals surface area (Å²) in [5, 5.41) is 13.3. The Morgan fingerprint density at radius 2 is 2.04 bits per heavy atom. The topological polar surface area (TPSA) is 44.7 Å². The zero-order valence-electron chi connectivity index (χ0n) is 14.5. The Balaban J connectivity index is 1.86. The first-order valence-electron chi connectivity index (χ1n) is 8.63. The van der Waals surface area contributed by atoms with Gasteiger partial charge in [-0.15, -0.1) is 0 Å². The quantitative estimate of drug-likeness (QED) is 0.762. The number of benzene rings is 1. The van der Waals surface area contributed by atoms with Gasteiger partial charge >= 0.3 is 0 Å². The first kappa shape index (κ1) is 19.2. The molecule has 0 radical (unpaired) electrons. The lowest BCUT2D eigenvalue weighted by molar-refractivity contribution is 0.0307. The number of piperidine rings is 1. The number of rotatable bonds is 8. The van der Waals surface area contributed by atoms with E-state index in [2.05, 4.69) is 10.2 Å². The zero-order chi connectivity index (χ0) is 17.5. The van der Waals surface area contributed by atoms with E-state index in [0.29, 0.717) is 25.1 Å². The van der Waals surface area contributed by atoms with E-state index < -0.39 is 11.9 Å². The minimum atomic E-state index is -0.468. The maximum atomic E-state index is 14.0. The molecule has 6 heteroatoms. The second kappa shape index (κ2) is 9.42. The molecule has 4 nitrogen and oxygen atoms in total. The summed E-state index contributed by atoms with van der Waals surface area (Å²) in [5.74, 6) is -0.774. The highest BCUT2D eigenvalue weighted by molar-refractivity contribution is 5.22. The van der Waals surface area contributed by atoms with E-state index in [-0.39, 0.29) is 17.9 Å². The smallest absolute Gasteiger partial charge is 0.128 e. The SMILES string of the molecule is CCC(NC1CCN(CC(O)COC)CC1)c1cc(F)ccc1F. The van der Waals surface area contributed by atoms with E-state index in [0.717, 1.165) is 32.0 Å². The van der Waals surface area contributed by atoms with Crippen LogP contribution in [0.5, 0.6) is 0 Å². The van der Waals surface area contributed by atoms with Gasteiger partial charge in [0.15, 0.2) is 0 Å². The maximum Gasteiger partial charge on any atom is 0.128 e. The Morgan fingerprint density at radius 3 is 2.67 bits per heavy atom. The number of hydrogen-bond acceptors (Lipinski definition) is 4. The molecule has 1 aromatic rings. The van der Waals surface area contributed by atoms with Crippen molar-refractivity contribution in [2.75, 3.05) is 33.4 Å². The van der Waals surface area contributed by atoms with Crippen molar-refractivity contribution in [1.29, 1.82) is 0 Å². The van der Waals surface area contributed by atoms with Crippen molar-refractivity contribution < 1.29 is 18.6 Å². The predicted octanol–water partition coefficient (Wildman–Crippen LogP) is 2.48. The molecule has 1 heterocycles. The summed E-state index contributed by atoms with van der Waals surface area (Å²) in [5.41, 5.74) is 0.399. The Hall–Kier alpha value is -1.08. The van der Waals surface area contributed by atoms with Crippen LogP contribution in [-0.4, -0.2) is 55.5 Å². The van der Waals surface area contributed by atoms with Crippen molar-refractivity contribution in [2.24, 2.45) is 0 Å². The molecule has 2 rings (SSSR count). The van der Waals surface area contributed by atoms with Crippen LogP contribution in [0, 0.1) is 11.6 Å². The second-order valence-electron chi connectivity index (χ2n) is 6.48. The van der Waals surface area contributed by atoms with Crippen molar-refractivity contribution in [1.82, 2.24) is 10.2 Å². The van der Waals surface area contributed by atoms with E-state index >= 15 is 0 Å². The lowest BCUT2D eigenvalue weighted by Gasteiger charge is -2.35. The Labute approximate surface area is 142 Å². The third kappa shape index (κ3) is 5.48. The number of nitrogens with zero attached hydrogens (tertiary/aromatic N) is 1. The number of hydrogen-bond donors (Lipinski definition) is 2. The van der Waals surface area contributed by atoms with E-state index in [1.54, 1.807) is 7.11 Å². The van der Waals surface area contributed by atoms with Gasteiger partial charge in [-0.05, 0) is 50.6 Å². The van der Waals surface area contributed by atoms with Gasteiger partial charge in [0.05, 0.1) is 12.7 Å². The van der Waals surface area contributed by atoms with Crippen LogP contribution in [0.3, 0.4) is 0 Å². The first-order chi connectivity index (χ1) is 11.5. The molecule has 136 valence electrons. The van der Waals surface area contributed by atoms with Gasteiger partial charge in [0.25, 0.3) is 0 Å². The average Bonchev–Trinajstić information content (AvgIpc) is 2.57. The fourth-order valence-electron chi connectivity index (χ4n) is 3.32. The van der Waals surface area contributed by atoms with Crippen molar-refractivity contribution in [3.63, 3.8) is 0 Å². The lowest BCUT2D eigenvalue weighted by atomic mass is 9.98. The van der Waals surface area contributed by atoms with Crippen LogP contribution >= 0.6 is 0 Å². The molecule has 0 saturated carbocycles. The molecule has 2 unspecified atom stereocenters. The van der Waals surface area contributed by atoms with Gasteiger partial charge in [0.2, 0.25) is 0 Å². The molecule has 1 fully saturated rings. The predicted molar refractivity (Wildman–Crippen MR) is 89.9 cm³/mol. The average molecular weight is 342 g/mol. The summed E-state index contributed by atoms with van der Waals surface area (Å²) < 4.78 is 32.4. The highest BCUT2D eigenvalue weighted by Crippen LogP contribution is 2.23. The molecule has 1 aromatic carbocycles. The molecule has 1 saturated heterocycles. The zero-order valence-corrected chi connectivity index (χ0v) is 14.5. The van der Waals surface area contributed by atoms with Gasteiger partial charge in [0, 0.05) is 31.3 Å². The summed E-state index contributed by atoms with van der Waals surface area (Å²) in [6, 6.07) is 3.71. The minimum absolute atomic E-state index is 0.184. The number of aliphatic hydroxyl groups is 1. The Bertz CT molecular complexity index is 508. The number of halogens is 2. The molecule has 1 aliphatic rings. The van der Waals surface area contributed by atoms with Crippen molar-refractivity contribution >= 4 is 0 Å². The van der Waals surface area contributed by atoms with Crippen LogP contribution < -0.4 is 5.32 Å². The van der Waals surface area contributed by atoms with Gasteiger partial charge in [0.1, 0.15) is 11.6 Å². The standard InChI is InChI=1S/C18H28F2N2O2/c1-3-18(16-10-13(19)4-5-17(16)20)21-14-6-8-22(9-7-14)11-15(23)12-24-2/h4-5,10,14-15,18,21,23H,3,6-9,11-12H2,1-2H3. The molecule has 1 aliphatic heterocycles. The third-order valence-electron chi connectivity index (χ3n) is 4.59. The van der Waals surface area contributed by atoms with Crippen molar-refractivity contribution in [2.45, 2.75) is 44.4 Å². The van der Waals surface area contributed by atoms with Gasteiger partial charge in [-0.3, -0.25) is 0 Å². The van der Waals surface area contributed by atoms with Crippen LogP contribution in [0.2, 0.25) is 0 Å². The number of nitrogens with one attached hydrogen (secondary N) is 1. The number of aliphatic hydroxyl groups excluding tert-OH is 1. The number of β-amino-alcohol motifs (C(OH)–C–C–N with tert-alkyl or cyclic N) is 1. The first-order valence-corrected chi connectivity index (χ1v) is 8.63. The molecule has 0 bridgehead atoms. The fourth-order valence-corrected chi connectivity index (χ4v) is 3.32. The van der Waals surface area contributed by atoms with Gasteiger partial charge < -0.3 is 20.1 Å². The van der Waals surface area contributed by atoms with Crippen LogP contribution in [0.25, 0.3) is 0 Å². The largest absolute Gasteiger partial charge is 0.389 e. The van der Waals surface area contributed by atoms with E-state index in [9.17, 15) is 13.9 Å². The molecular formula is C18H28F2N2O2. The van der Waals surface area contributed by atoms with Crippen LogP contribution in [0.15, 0.2) is 18.2 Å². The molecule has 0 spiro atoms. The van der Waals surface area contributed by atoms with Gasteiger partial charge in [-0.2, -0.15) is 0 Å². The fraction of sp³-hybridized carbons (Fsp3) is 0.667. The molecule has 2 atom stereocenters. The third-order valence-corrected chi connectivity index (χ3v) is 4.59. The number of likely N-dealkylation sites (tertiary alicyclic amines) is 1. The van der Waals surface area contributed by atoms with E-state index in [1.807, 2.05) is 6.92 Å². The van der Waals surface area contributed by atoms with Crippen LogP contribution in [0.4, 0.5) is 8.78 Å². The van der Waals surface area contributed by atoms with Gasteiger partial charge in [-0.25, -0.2) is 8.78 Å². The summed E-state index contributed by atoms with van der Waals surface area (Å²) in [6.45, 7) is 4.67. The molecule has 0 amide bonds. The number of ether oxygens (including phenoxy) is 1. The summed E-state index contributed by atoms with van der Waals surface area (Å²) in [4.78, 5) is 2.21. The summed E-state index contributed by atoms with van der Waals surface area (Å²) in [7, 11) is 1.58. The van der Waals surface area contributed by atoms with E-state index in [1.165, 1.54) is 12.1 Å². The normalized spacial score (nSPS) is 19.4. The molecule has 2 N–H and O–H groups in total. The summed E-state index contributed by atoms with van der Waals surface area (Å²) >= 11 is 0. The van der Waals surface area contributed by atoms with Crippen molar-refractivity contribution in [3.8, 4) is 0 Å². The summed E-state index contributed by atoms with van der Waals surface area (Å²) in [6.07, 6.45) is 2.08. The molecule has 0 aliphatic carbocycles. The van der Waals surface area contributed by atoms with Crippen LogP contribution in [-0.2, 0) is 4.74 Å². The Kier molecular flexibility index (Phi) is 7.55. The minimum Gasteiger partial charge on any atom is -0.389 e. The Morgan fingerprint density at radius 1 is 1.33 bits per heavy atom. The second-order valence-corrected chi connectivity index (χ2v) is 6.48. The van der Waals surface area contributed by atoms with Gasteiger partial charge in [-0.1, -0.05) is 6.92 Å². The number of methoxy groups -OCH3 is 1. The lowest BCUT2D eigenvalue weighted by Crippen LogP contribution is -2.46. The van der Waals surface area contributed by atoms with E-state index in [4.69, 9.17) is 4.74 Å². The monoisotopic (exact) mass is 342 g/mol. The van der Waals surface area contributed by atoms with Crippen LogP contribution in [0.1, 0.15) is 37.8 Å². The van der Waals surface area contributed by atoms with Crippen molar-refractivity contribution in [3.05, 3.63) is 35.4 Å². The molecule has 24 heavy (non-hydrogen) atoms. The molecule has 0 aromatic heterocycles. The highest BCUT2D eigenvalue weighted by atomic mass is 19.1. The maximum absolute atomic E-state index is 14.0. The highest BCUT2D eigenvalue weighted by Gasteiger charge is 2.24. The molecular weight excluding hydrogens is 314 g/mol.